The van der Waals surface area contributed by atoms with Gasteiger partial charge >= 0.3 is 0 Å². The fourth-order valence-electron chi connectivity index (χ4n) is 3.52. The van der Waals surface area contributed by atoms with Crippen LogP contribution in [0.3, 0.4) is 0 Å². The Bertz CT molecular complexity index is 227. The van der Waals surface area contributed by atoms with Crippen LogP contribution in [0.4, 0.5) is 0 Å². The lowest BCUT2D eigenvalue weighted by molar-refractivity contribution is -0.00503. The fourth-order valence-corrected chi connectivity index (χ4v) is 3.52. The summed E-state index contributed by atoms with van der Waals surface area (Å²) in [5, 5.41) is 3.73. The summed E-state index contributed by atoms with van der Waals surface area (Å²) in [5.74, 6) is 1.76. The third kappa shape index (κ3) is 4.55. The maximum absolute atomic E-state index is 5.63. The Balaban J connectivity index is 2.69. The van der Waals surface area contributed by atoms with Crippen molar-refractivity contribution in [3.05, 3.63) is 0 Å². The van der Waals surface area contributed by atoms with Gasteiger partial charge in [-0.2, -0.15) is 0 Å². The summed E-state index contributed by atoms with van der Waals surface area (Å²) in [6.07, 6.45) is 8.13. The van der Waals surface area contributed by atoms with E-state index in [9.17, 15) is 0 Å². The topological polar surface area (TPSA) is 21.3 Å². The lowest BCUT2D eigenvalue weighted by atomic mass is 9.72. The molecule has 1 aliphatic rings. The highest BCUT2D eigenvalue weighted by atomic mass is 16.5. The highest BCUT2D eigenvalue weighted by molar-refractivity contribution is 4.88. The lowest BCUT2D eigenvalue weighted by Crippen LogP contribution is -2.45. The van der Waals surface area contributed by atoms with Crippen molar-refractivity contribution in [2.45, 2.75) is 77.9 Å². The maximum Gasteiger partial charge on any atom is 0.0637 e. The lowest BCUT2D eigenvalue weighted by Gasteiger charge is -2.40. The van der Waals surface area contributed by atoms with E-state index in [0.29, 0.717) is 6.04 Å². The van der Waals surface area contributed by atoms with Gasteiger partial charge in [-0.25, -0.2) is 0 Å². The molecular formula is C16H33NO. The molecular weight excluding hydrogens is 222 g/mol. The molecule has 3 unspecified atom stereocenters. The van der Waals surface area contributed by atoms with Gasteiger partial charge in [0.15, 0.2) is 0 Å². The molecule has 2 heteroatoms. The Labute approximate surface area is 114 Å². The molecule has 1 aliphatic carbocycles. The first-order valence-corrected chi connectivity index (χ1v) is 7.82. The smallest absolute Gasteiger partial charge is 0.0637 e. The molecule has 2 nitrogen and oxygen atoms in total. The fraction of sp³-hybridized carbons (Fsp3) is 1.00. The van der Waals surface area contributed by atoms with Gasteiger partial charge in [0.2, 0.25) is 0 Å². The molecule has 0 amide bonds. The van der Waals surface area contributed by atoms with Gasteiger partial charge in [-0.1, -0.05) is 39.5 Å². The van der Waals surface area contributed by atoms with Crippen LogP contribution in [0.2, 0.25) is 0 Å². The second-order valence-electron chi connectivity index (χ2n) is 6.45. The molecule has 1 N–H and O–H groups in total. The zero-order valence-corrected chi connectivity index (χ0v) is 13.1. The van der Waals surface area contributed by atoms with E-state index in [1.54, 1.807) is 0 Å². The Kier molecular flexibility index (Phi) is 6.65. The van der Waals surface area contributed by atoms with Gasteiger partial charge in [0.05, 0.1) is 5.60 Å². The van der Waals surface area contributed by atoms with Crippen LogP contribution in [0.5, 0.6) is 0 Å². The number of rotatable bonds is 7. The summed E-state index contributed by atoms with van der Waals surface area (Å²) < 4.78 is 5.63. The standard InChI is InChI=1S/C16H33NO/c1-6-13-10-8-9-11-14(13)15(17-7-2)12-16(3,4)18-5/h13-15,17H,6-12H2,1-5H3. The normalized spacial score (nSPS) is 27.2. The zero-order chi connectivity index (χ0) is 13.6. The molecule has 3 atom stereocenters. The van der Waals surface area contributed by atoms with Crippen LogP contribution in [-0.2, 0) is 4.74 Å². The predicted molar refractivity (Wildman–Crippen MR) is 78.9 cm³/mol. The van der Waals surface area contributed by atoms with E-state index in [4.69, 9.17) is 4.74 Å². The Hall–Kier alpha value is -0.0800. The molecule has 0 heterocycles. The van der Waals surface area contributed by atoms with Crippen molar-refractivity contribution in [1.82, 2.24) is 5.32 Å². The van der Waals surface area contributed by atoms with Crippen LogP contribution < -0.4 is 5.32 Å². The summed E-state index contributed by atoms with van der Waals surface area (Å²) in [6, 6.07) is 0.621. The van der Waals surface area contributed by atoms with Crippen LogP contribution in [-0.4, -0.2) is 25.3 Å². The number of hydrogen-bond acceptors (Lipinski definition) is 2. The Morgan fingerprint density at radius 2 is 1.89 bits per heavy atom. The summed E-state index contributed by atoms with van der Waals surface area (Å²) >= 11 is 0. The summed E-state index contributed by atoms with van der Waals surface area (Å²) in [5.41, 5.74) is -0.0113. The van der Waals surface area contributed by atoms with E-state index in [-0.39, 0.29) is 5.60 Å². The number of ether oxygens (including phenoxy) is 1. The minimum Gasteiger partial charge on any atom is -0.379 e. The van der Waals surface area contributed by atoms with Crippen LogP contribution in [0.1, 0.15) is 66.2 Å². The molecule has 18 heavy (non-hydrogen) atoms. The molecule has 0 radical (unpaired) electrons. The number of nitrogens with one attached hydrogen (secondary N) is 1. The van der Waals surface area contributed by atoms with Gasteiger partial charge in [-0.15, -0.1) is 0 Å². The van der Waals surface area contributed by atoms with Crippen molar-refractivity contribution in [3.63, 3.8) is 0 Å². The van der Waals surface area contributed by atoms with Crippen molar-refractivity contribution < 1.29 is 4.74 Å². The zero-order valence-electron chi connectivity index (χ0n) is 13.1. The van der Waals surface area contributed by atoms with Crippen molar-refractivity contribution in [2.24, 2.45) is 11.8 Å². The van der Waals surface area contributed by atoms with Crippen molar-refractivity contribution >= 4 is 0 Å². The highest BCUT2D eigenvalue weighted by Crippen LogP contribution is 2.37. The van der Waals surface area contributed by atoms with Gasteiger partial charge in [0, 0.05) is 13.2 Å². The van der Waals surface area contributed by atoms with Crippen LogP contribution >= 0.6 is 0 Å². The molecule has 1 rings (SSSR count). The highest BCUT2D eigenvalue weighted by Gasteiger charge is 2.33. The molecule has 108 valence electrons. The second kappa shape index (κ2) is 7.49. The minimum atomic E-state index is -0.0113. The average molecular weight is 255 g/mol. The summed E-state index contributed by atoms with van der Waals surface area (Å²) in [6.45, 7) is 10.1. The number of hydrogen-bond donors (Lipinski definition) is 1. The van der Waals surface area contributed by atoms with Crippen LogP contribution in [0.25, 0.3) is 0 Å². The van der Waals surface area contributed by atoms with Crippen molar-refractivity contribution in [1.29, 1.82) is 0 Å². The van der Waals surface area contributed by atoms with Gasteiger partial charge in [0.25, 0.3) is 0 Å². The molecule has 0 aromatic carbocycles. The Morgan fingerprint density at radius 1 is 1.22 bits per heavy atom. The SMILES string of the molecule is CCNC(CC(C)(C)OC)C1CCCCC1CC. The van der Waals surface area contributed by atoms with E-state index in [2.05, 4.69) is 33.0 Å². The third-order valence-corrected chi connectivity index (χ3v) is 4.74. The maximum atomic E-state index is 5.63. The van der Waals surface area contributed by atoms with Gasteiger partial charge in [0.1, 0.15) is 0 Å². The molecule has 0 bridgehead atoms. The van der Waals surface area contributed by atoms with E-state index in [0.717, 1.165) is 24.8 Å². The van der Waals surface area contributed by atoms with Crippen LogP contribution in [0, 0.1) is 11.8 Å². The third-order valence-electron chi connectivity index (χ3n) is 4.74. The predicted octanol–water partition coefficient (Wildman–Crippen LogP) is 4.00. The summed E-state index contributed by atoms with van der Waals surface area (Å²) in [7, 11) is 1.83. The van der Waals surface area contributed by atoms with Crippen LogP contribution in [0.15, 0.2) is 0 Å². The largest absolute Gasteiger partial charge is 0.379 e. The average Bonchev–Trinajstić information content (AvgIpc) is 2.38. The monoisotopic (exact) mass is 255 g/mol. The van der Waals surface area contributed by atoms with Crippen molar-refractivity contribution in [3.8, 4) is 0 Å². The first-order valence-electron chi connectivity index (χ1n) is 7.82. The van der Waals surface area contributed by atoms with Gasteiger partial charge in [-0.3, -0.25) is 0 Å². The van der Waals surface area contributed by atoms with Gasteiger partial charge in [-0.05, 0) is 45.1 Å². The van der Waals surface area contributed by atoms with E-state index < -0.39 is 0 Å². The van der Waals surface area contributed by atoms with E-state index in [1.807, 2.05) is 7.11 Å². The molecule has 1 saturated carbocycles. The quantitative estimate of drug-likeness (QED) is 0.742. The molecule has 0 aromatic rings. The minimum absolute atomic E-state index is 0.0113. The second-order valence-corrected chi connectivity index (χ2v) is 6.45. The van der Waals surface area contributed by atoms with E-state index >= 15 is 0 Å². The first-order chi connectivity index (χ1) is 8.54. The molecule has 1 fully saturated rings. The molecule has 0 saturated heterocycles. The first kappa shape index (κ1) is 16.0. The number of methoxy groups -OCH3 is 1. The molecule has 0 aliphatic heterocycles. The van der Waals surface area contributed by atoms with Crippen molar-refractivity contribution in [2.75, 3.05) is 13.7 Å². The summed E-state index contributed by atoms with van der Waals surface area (Å²) in [4.78, 5) is 0. The molecule has 0 spiro atoms. The Morgan fingerprint density at radius 3 is 2.44 bits per heavy atom. The van der Waals surface area contributed by atoms with Gasteiger partial charge < -0.3 is 10.1 Å². The molecule has 0 aromatic heterocycles. The van der Waals surface area contributed by atoms with E-state index in [1.165, 1.54) is 32.1 Å².